The Kier molecular flexibility index (Phi) is 4.16. The highest BCUT2D eigenvalue weighted by atomic mass is 16.5. The number of hydrogen-bond donors (Lipinski definition) is 2. The zero-order valence-corrected chi connectivity index (χ0v) is 8.81. The van der Waals surface area contributed by atoms with Crippen LogP contribution in [0.3, 0.4) is 0 Å². The van der Waals surface area contributed by atoms with Gasteiger partial charge in [-0.05, 0) is 31.7 Å². The molecule has 1 fully saturated rings. The summed E-state index contributed by atoms with van der Waals surface area (Å²) in [6.07, 6.45) is 3.79. The van der Waals surface area contributed by atoms with Crippen LogP contribution in [0, 0.1) is 5.92 Å². The summed E-state index contributed by atoms with van der Waals surface area (Å²) in [6.45, 7) is 4.64. The number of rotatable bonds is 7. The van der Waals surface area contributed by atoms with Crippen molar-refractivity contribution >= 4 is 0 Å². The summed E-state index contributed by atoms with van der Waals surface area (Å²) in [4.78, 5) is 0. The maximum Gasteiger partial charge on any atom is 0.0656 e. The van der Waals surface area contributed by atoms with E-state index in [-0.39, 0.29) is 5.54 Å². The van der Waals surface area contributed by atoms with E-state index < -0.39 is 0 Å². The Bertz CT molecular complexity index is 142. The van der Waals surface area contributed by atoms with E-state index in [4.69, 9.17) is 10.5 Å². The molecule has 1 saturated carbocycles. The lowest BCUT2D eigenvalue weighted by molar-refractivity contribution is 0.109. The Labute approximate surface area is 81.0 Å². The third-order valence-corrected chi connectivity index (χ3v) is 2.95. The number of nitrogens with one attached hydrogen (secondary N) is 1. The number of nitrogens with two attached hydrogens (primary N) is 1. The van der Waals surface area contributed by atoms with Crippen LogP contribution >= 0.6 is 0 Å². The second-order valence-electron chi connectivity index (χ2n) is 4.10. The molecular formula is C10H22N2O. The van der Waals surface area contributed by atoms with Crippen LogP contribution in [0.4, 0.5) is 0 Å². The van der Waals surface area contributed by atoms with E-state index in [1.165, 1.54) is 12.8 Å². The Balaban J connectivity index is 2.32. The van der Waals surface area contributed by atoms with E-state index in [0.29, 0.717) is 13.2 Å². The van der Waals surface area contributed by atoms with E-state index in [9.17, 15) is 0 Å². The quantitative estimate of drug-likeness (QED) is 0.616. The predicted molar refractivity (Wildman–Crippen MR) is 54.7 cm³/mol. The molecule has 0 radical (unpaired) electrons. The number of ether oxygens (including phenoxy) is 1. The van der Waals surface area contributed by atoms with Crippen molar-refractivity contribution in [3.63, 3.8) is 0 Å². The minimum atomic E-state index is 0.0113. The molecule has 0 amide bonds. The fraction of sp³-hybridized carbons (Fsp3) is 1.00. The van der Waals surface area contributed by atoms with Crippen molar-refractivity contribution in [3.05, 3.63) is 0 Å². The summed E-state index contributed by atoms with van der Waals surface area (Å²) in [5, 5.41) is 3.55. The molecule has 0 aromatic rings. The van der Waals surface area contributed by atoms with Crippen molar-refractivity contribution in [1.82, 2.24) is 5.32 Å². The first-order valence-electron chi connectivity index (χ1n) is 5.20. The Morgan fingerprint density at radius 3 is 2.62 bits per heavy atom. The molecule has 0 aromatic carbocycles. The lowest BCUT2D eigenvalue weighted by Crippen LogP contribution is -2.54. The fourth-order valence-corrected chi connectivity index (χ4v) is 1.51. The molecule has 1 rings (SSSR count). The van der Waals surface area contributed by atoms with Gasteiger partial charge in [-0.3, -0.25) is 0 Å². The molecule has 0 heterocycles. The van der Waals surface area contributed by atoms with Crippen molar-refractivity contribution in [1.29, 1.82) is 0 Å². The third kappa shape index (κ3) is 3.25. The number of hydrogen-bond acceptors (Lipinski definition) is 3. The van der Waals surface area contributed by atoms with Crippen LogP contribution in [0.2, 0.25) is 0 Å². The molecule has 3 heteroatoms. The van der Waals surface area contributed by atoms with Crippen LogP contribution in [-0.4, -0.2) is 32.3 Å². The molecule has 1 atom stereocenters. The molecule has 0 aliphatic heterocycles. The van der Waals surface area contributed by atoms with Crippen molar-refractivity contribution < 1.29 is 4.74 Å². The largest absolute Gasteiger partial charge is 0.383 e. The average molecular weight is 186 g/mol. The minimum Gasteiger partial charge on any atom is -0.383 e. The van der Waals surface area contributed by atoms with Crippen molar-refractivity contribution in [2.24, 2.45) is 11.7 Å². The highest BCUT2D eigenvalue weighted by Crippen LogP contribution is 2.28. The monoisotopic (exact) mass is 186 g/mol. The molecule has 1 unspecified atom stereocenters. The van der Waals surface area contributed by atoms with E-state index in [2.05, 4.69) is 12.2 Å². The van der Waals surface area contributed by atoms with E-state index in [1.54, 1.807) is 7.11 Å². The molecule has 0 spiro atoms. The van der Waals surface area contributed by atoms with Crippen LogP contribution in [0.15, 0.2) is 0 Å². The SMILES string of the molecule is CCC(CN)(COC)NCC1CC1. The van der Waals surface area contributed by atoms with Gasteiger partial charge in [-0.2, -0.15) is 0 Å². The van der Waals surface area contributed by atoms with Gasteiger partial charge in [0.05, 0.1) is 12.1 Å². The van der Waals surface area contributed by atoms with Gasteiger partial charge in [0.1, 0.15) is 0 Å². The van der Waals surface area contributed by atoms with Gasteiger partial charge in [0, 0.05) is 13.7 Å². The number of methoxy groups -OCH3 is 1. The van der Waals surface area contributed by atoms with E-state index >= 15 is 0 Å². The molecule has 1 aliphatic carbocycles. The topological polar surface area (TPSA) is 47.3 Å². The molecule has 1 aliphatic rings. The third-order valence-electron chi connectivity index (χ3n) is 2.95. The molecule has 0 aromatic heterocycles. The Hall–Kier alpha value is -0.120. The standard InChI is InChI=1S/C10H22N2O/c1-3-10(7-11,8-13-2)12-6-9-4-5-9/h9,12H,3-8,11H2,1-2H3. The Morgan fingerprint density at radius 2 is 2.23 bits per heavy atom. The normalized spacial score (nSPS) is 21.5. The first-order chi connectivity index (χ1) is 6.26. The summed E-state index contributed by atoms with van der Waals surface area (Å²) in [5.74, 6) is 0.898. The van der Waals surface area contributed by atoms with Crippen LogP contribution in [0.1, 0.15) is 26.2 Å². The van der Waals surface area contributed by atoms with Crippen molar-refractivity contribution in [3.8, 4) is 0 Å². The summed E-state index contributed by atoms with van der Waals surface area (Å²) >= 11 is 0. The Morgan fingerprint density at radius 1 is 1.54 bits per heavy atom. The van der Waals surface area contributed by atoms with Gasteiger partial charge >= 0.3 is 0 Å². The molecule has 3 nitrogen and oxygen atoms in total. The van der Waals surface area contributed by atoms with Gasteiger partial charge in [0.25, 0.3) is 0 Å². The lowest BCUT2D eigenvalue weighted by Gasteiger charge is -2.32. The molecule has 0 bridgehead atoms. The molecule has 78 valence electrons. The van der Waals surface area contributed by atoms with E-state index in [0.717, 1.165) is 18.9 Å². The highest BCUT2D eigenvalue weighted by molar-refractivity contribution is 4.90. The van der Waals surface area contributed by atoms with Crippen molar-refractivity contribution in [2.45, 2.75) is 31.7 Å². The first-order valence-corrected chi connectivity index (χ1v) is 5.20. The summed E-state index contributed by atoms with van der Waals surface area (Å²) in [7, 11) is 1.73. The molecule has 13 heavy (non-hydrogen) atoms. The zero-order valence-electron chi connectivity index (χ0n) is 8.81. The maximum atomic E-state index is 5.77. The summed E-state index contributed by atoms with van der Waals surface area (Å²) in [5.41, 5.74) is 5.78. The lowest BCUT2D eigenvalue weighted by atomic mass is 9.97. The van der Waals surface area contributed by atoms with Gasteiger partial charge in [-0.15, -0.1) is 0 Å². The van der Waals surface area contributed by atoms with Gasteiger partial charge in [0.2, 0.25) is 0 Å². The van der Waals surface area contributed by atoms with Gasteiger partial charge in [-0.1, -0.05) is 6.92 Å². The van der Waals surface area contributed by atoms with Crippen LogP contribution < -0.4 is 11.1 Å². The zero-order chi connectivity index (χ0) is 9.73. The summed E-state index contributed by atoms with van der Waals surface area (Å²) < 4.78 is 5.20. The highest BCUT2D eigenvalue weighted by Gasteiger charge is 2.29. The molecule has 0 saturated heterocycles. The smallest absolute Gasteiger partial charge is 0.0656 e. The van der Waals surface area contributed by atoms with Crippen molar-refractivity contribution in [2.75, 3.05) is 26.8 Å². The first kappa shape index (κ1) is 11.0. The summed E-state index contributed by atoms with van der Waals surface area (Å²) in [6, 6.07) is 0. The predicted octanol–water partition coefficient (Wildman–Crippen LogP) is 0.740. The second kappa shape index (κ2) is 4.94. The van der Waals surface area contributed by atoms with Gasteiger partial charge in [0.15, 0.2) is 0 Å². The van der Waals surface area contributed by atoms with Crippen LogP contribution in [-0.2, 0) is 4.74 Å². The maximum absolute atomic E-state index is 5.77. The second-order valence-corrected chi connectivity index (χ2v) is 4.10. The van der Waals surface area contributed by atoms with Gasteiger partial charge in [-0.25, -0.2) is 0 Å². The van der Waals surface area contributed by atoms with E-state index in [1.807, 2.05) is 0 Å². The van der Waals surface area contributed by atoms with Gasteiger partial charge < -0.3 is 15.8 Å². The average Bonchev–Trinajstić information content (AvgIpc) is 2.96. The molecule has 3 N–H and O–H groups in total. The minimum absolute atomic E-state index is 0.0113. The van der Waals surface area contributed by atoms with Crippen LogP contribution in [0.25, 0.3) is 0 Å². The fourth-order valence-electron chi connectivity index (χ4n) is 1.51. The van der Waals surface area contributed by atoms with Crippen LogP contribution in [0.5, 0.6) is 0 Å². The molecular weight excluding hydrogens is 164 g/mol.